The van der Waals surface area contributed by atoms with E-state index in [0.29, 0.717) is 17.8 Å². The van der Waals surface area contributed by atoms with Crippen molar-refractivity contribution in [3.05, 3.63) is 65.0 Å². The second-order valence-corrected chi connectivity index (χ2v) is 5.64. The highest BCUT2D eigenvalue weighted by Gasteiger charge is 2.18. The Morgan fingerprint density at radius 3 is 2.52 bits per heavy atom. The lowest BCUT2D eigenvalue weighted by Crippen LogP contribution is -2.34. The van der Waals surface area contributed by atoms with Crippen molar-refractivity contribution in [3.8, 4) is 0 Å². The van der Waals surface area contributed by atoms with Gasteiger partial charge in [0, 0.05) is 31.3 Å². The summed E-state index contributed by atoms with van der Waals surface area (Å²) in [5.41, 5.74) is 3.31. The number of carbonyl (C=O) groups is 2. The molecule has 0 saturated heterocycles. The number of nitrogens with zero attached hydrogens (tertiary/aromatic N) is 1. The molecule has 2 amide bonds. The monoisotopic (exact) mass is 312 g/mol. The van der Waals surface area contributed by atoms with Gasteiger partial charge in [-0.2, -0.15) is 0 Å². The zero-order valence-electron chi connectivity index (χ0n) is 12.8. The molecule has 0 aromatic heterocycles. The molecule has 0 fully saturated rings. The Balaban J connectivity index is 1.77. The van der Waals surface area contributed by atoms with Crippen molar-refractivity contribution in [2.75, 3.05) is 11.9 Å². The molecule has 1 aliphatic rings. The van der Waals surface area contributed by atoms with Gasteiger partial charge in [0.2, 0.25) is 5.91 Å². The topological polar surface area (TPSA) is 49.4 Å². The normalized spacial score (nSPS) is 13.4. The van der Waals surface area contributed by atoms with Crippen LogP contribution in [0.1, 0.15) is 28.4 Å². The molecule has 0 atom stereocenters. The molecule has 2 aromatic carbocycles. The Morgan fingerprint density at radius 1 is 1.09 bits per heavy atom. The standard InChI is InChI=1S/C18H17FN2O2/c1-12(22)21-9-8-13-4-7-17(10-15(13)11-21)20-18(23)14-2-5-16(19)6-3-14/h2-7,10H,8-9,11H2,1H3,(H,20,23). The highest BCUT2D eigenvalue weighted by molar-refractivity contribution is 6.04. The summed E-state index contributed by atoms with van der Waals surface area (Å²) in [5, 5.41) is 2.81. The average molecular weight is 312 g/mol. The van der Waals surface area contributed by atoms with Gasteiger partial charge in [-0.3, -0.25) is 9.59 Å². The molecule has 3 rings (SSSR count). The number of fused-ring (bicyclic) bond motifs is 1. The van der Waals surface area contributed by atoms with Crippen LogP contribution in [0.4, 0.5) is 10.1 Å². The van der Waals surface area contributed by atoms with Crippen molar-refractivity contribution >= 4 is 17.5 Å². The quantitative estimate of drug-likeness (QED) is 0.927. The van der Waals surface area contributed by atoms with Crippen LogP contribution < -0.4 is 5.32 Å². The predicted octanol–water partition coefficient (Wildman–Crippen LogP) is 2.98. The Labute approximate surface area is 133 Å². The maximum absolute atomic E-state index is 12.9. The number of rotatable bonds is 2. The van der Waals surface area contributed by atoms with Crippen LogP contribution in [0.15, 0.2) is 42.5 Å². The van der Waals surface area contributed by atoms with Crippen molar-refractivity contribution in [3.63, 3.8) is 0 Å². The lowest BCUT2D eigenvalue weighted by Gasteiger charge is -2.28. The van der Waals surface area contributed by atoms with Gasteiger partial charge in [-0.05, 0) is 53.9 Å². The summed E-state index contributed by atoms with van der Waals surface area (Å²) in [7, 11) is 0. The van der Waals surface area contributed by atoms with E-state index in [-0.39, 0.29) is 17.6 Å². The van der Waals surface area contributed by atoms with Crippen LogP contribution in [0.3, 0.4) is 0 Å². The third-order valence-corrected chi connectivity index (χ3v) is 4.03. The van der Waals surface area contributed by atoms with Gasteiger partial charge in [0.15, 0.2) is 0 Å². The molecule has 2 aromatic rings. The van der Waals surface area contributed by atoms with E-state index in [1.165, 1.54) is 29.8 Å². The van der Waals surface area contributed by atoms with E-state index in [1.54, 1.807) is 11.8 Å². The Kier molecular flexibility index (Phi) is 4.10. The number of benzene rings is 2. The second-order valence-electron chi connectivity index (χ2n) is 5.64. The third kappa shape index (κ3) is 3.39. The lowest BCUT2D eigenvalue weighted by atomic mass is 9.99. The molecule has 1 heterocycles. The molecule has 0 unspecified atom stereocenters. The first-order valence-corrected chi connectivity index (χ1v) is 7.47. The summed E-state index contributed by atoms with van der Waals surface area (Å²) in [6.45, 7) is 2.85. The van der Waals surface area contributed by atoms with Crippen LogP contribution >= 0.6 is 0 Å². The number of nitrogens with one attached hydrogen (secondary N) is 1. The number of hydrogen-bond donors (Lipinski definition) is 1. The molecular formula is C18H17FN2O2. The van der Waals surface area contributed by atoms with Crippen LogP contribution in [0.5, 0.6) is 0 Å². The average Bonchev–Trinajstić information content (AvgIpc) is 2.54. The Bertz CT molecular complexity index is 756. The molecule has 23 heavy (non-hydrogen) atoms. The van der Waals surface area contributed by atoms with Crippen molar-refractivity contribution in [1.29, 1.82) is 0 Å². The second kappa shape index (κ2) is 6.20. The molecule has 0 aliphatic carbocycles. The van der Waals surface area contributed by atoms with Crippen molar-refractivity contribution in [2.24, 2.45) is 0 Å². The third-order valence-electron chi connectivity index (χ3n) is 4.03. The van der Waals surface area contributed by atoms with Crippen molar-refractivity contribution in [2.45, 2.75) is 19.9 Å². The van der Waals surface area contributed by atoms with Gasteiger partial charge in [-0.25, -0.2) is 4.39 Å². The van der Waals surface area contributed by atoms with Gasteiger partial charge < -0.3 is 10.2 Å². The minimum Gasteiger partial charge on any atom is -0.338 e. The van der Waals surface area contributed by atoms with E-state index >= 15 is 0 Å². The molecule has 0 bridgehead atoms. The molecule has 1 aliphatic heterocycles. The SMILES string of the molecule is CC(=O)N1CCc2ccc(NC(=O)c3ccc(F)cc3)cc2C1. The smallest absolute Gasteiger partial charge is 0.255 e. The Hall–Kier alpha value is -2.69. The van der Waals surface area contributed by atoms with E-state index in [2.05, 4.69) is 5.32 Å². The molecule has 0 saturated carbocycles. The van der Waals surface area contributed by atoms with Gasteiger partial charge >= 0.3 is 0 Å². The summed E-state index contributed by atoms with van der Waals surface area (Å²) >= 11 is 0. The molecular weight excluding hydrogens is 295 g/mol. The lowest BCUT2D eigenvalue weighted by molar-refractivity contribution is -0.129. The molecule has 4 nitrogen and oxygen atoms in total. The van der Waals surface area contributed by atoms with E-state index < -0.39 is 0 Å². The maximum Gasteiger partial charge on any atom is 0.255 e. The summed E-state index contributed by atoms with van der Waals surface area (Å²) in [4.78, 5) is 25.5. The highest BCUT2D eigenvalue weighted by atomic mass is 19.1. The molecule has 5 heteroatoms. The first kappa shape index (κ1) is 15.2. The number of anilines is 1. The molecule has 0 radical (unpaired) electrons. The van der Waals surface area contributed by atoms with Gasteiger partial charge in [-0.1, -0.05) is 6.07 Å². The summed E-state index contributed by atoms with van der Waals surface area (Å²) < 4.78 is 12.9. The zero-order valence-corrected chi connectivity index (χ0v) is 12.8. The highest BCUT2D eigenvalue weighted by Crippen LogP contribution is 2.23. The van der Waals surface area contributed by atoms with Crippen LogP contribution in [0.2, 0.25) is 0 Å². The number of halogens is 1. The fraction of sp³-hybridized carbons (Fsp3) is 0.222. The van der Waals surface area contributed by atoms with E-state index in [0.717, 1.165) is 18.5 Å². The van der Waals surface area contributed by atoms with Gasteiger partial charge in [0.05, 0.1) is 0 Å². The zero-order chi connectivity index (χ0) is 16.4. The van der Waals surface area contributed by atoms with Crippen molar-refractivity contribution in [1.82, 2.24) is 4.90 Å². The van der Waals surface area contributed by atoms with Crippen LogP contribution in [0.25, 0.3) is 0 Å². The molecule has 118 valence electrons. The first-order chi connectivity index (χ1) is 11.0. The minimum atomic E-state index is -0.375. The largest absolute Gasteiger partial charge is 0.338 e. The van der Waals surface area contributed by atoms with Gasteiger partial charge in [0.25, 0.3) is 5.91 Å². The number of carbonyl (C=O) groups excluding carboxylic acids is 2. The fourth-order valence-electron chi connectivity index (χ4n) is 2.71. The van der Waals surface area contributed by atoms with Crippen LogP contribution in [-0.4, -0.2) is 23.3 Å². The maximum atomic E-state index is 12.9. The van der Waals surface area contributed by atoms with E-state index in [9.17, 15) is 14.0 Å². The van der Waals surface area contributed by atoms with Crippen LogP contribution in [-0.2, 0) is 17.8 Å². The first-order valence-electron chi connectivity index (χ1n) is 7.47. The number of hydrogen-bond acceptors (Lipinski definition) is 2. The fourth-order valence-corrected chi connectivity index (χ4v) is 2.71. The molecule has 0 spiro atoms. The Morgan fingerprint density at radius 2 is 1.83 bits per heavy atom. The summed E-state index contributed by atoms with van der Waals surface area (Å²) in [6.07, 6.45) is 0.821. The van der Waals surface area contributed by atoms with Gasteiger partial charge in [-0.15, -0.1) is 0 Å². The van der Waals surface area contributed by atoms with Crippen LogP contribution in [0, 0.1) is 5.82 Å². The van der Waals surface area contributed by atoms with E-state index in [1.807, 2.05) is 18.2 Å². The molecule has 1 N–H and O–H groups in total. The van der Waals surface area contributed by atoms with Crippen molar-refractivity contribution < 1.29 is 14.0 Å². The number of amides is 2. The minimum absolute atomic E-state index is 0.0522. The van der Waals surface area contributed by atoms with Gasteiger partial charge in [0.1, 0.15) is 5.82 Å². The summed E-state index contributed by atoms with van der Waals surface area (Å²) in [6, 6.07) is 11.1. The predicted molar refractivity (Wildman–Crippen MR) is 85.6 cm³/mol. The van der Waals surface area contributed by atoms with E-state index in [4.69, 9.17) is 0 Å². The summed E-state index contributed by atoms with van der Waals surface area (Å²) in [5.74, 6) is -0.611.